The van der Waals surface area contributed by atoms with Gasteiger partial charge in [0.2, 0.25) is 0 Å². The summed E-state index contributed by atoms with van der Waals surface area (Å²) < 4.78 is 7.05. The summed E-state index contributed by atoms with van der Waals surface area (Å²) >= 11 is 0. The van der Waals surface area contributed by atoms with E-state index in [0.717, 1.165) is 24.3 Å². The number of phenolic OH excluding ortho intramolecular Hbond substituents is 1. The Morgan fingerprint density at radius 1 is 1.30 bits per heavy atom. The summed E-state index contributed by atoms with van der Waals surface area (Å²) in [5.41, 5.74) is 2.23. The third kappa shape index (κ3) is 3.88. The zero-order chi connectivity index (χ0) is 13.7. The van der Waals surface area contributed by atoms with Crippen molar-refractivity contribution >= 4 is 12.4 Å². The van der Waals surface area contributed by atoms with E-state index in [0.29, 0.717) is 12.3 Å². The average molecular weight is 298 g/mol. The molecule has 2 aromatic rings. The molecular formula is C14H20ClN3O2. The first-order valence-electron chi connectivity index (χ1n) is 6.32. The van der Waals surface area contributed by atoms with Crippen molar-refractivity contribution in [2.75, 3.05) is 7.11 Å². The van der Waals surface area contributed by atoms with Crippen LogP contribution >= 0.6 is 12.4 Å². The van der Waals surface area contributed by atoms with Crippen molar-refractivity contribution in [1.29, 1.82) is 0 Å². The Balaban J connectivity index is 0.00000200. The van der Waals surface area contributed by atoms with Crippen LogP contribution in [0.2, 0.25) is 0 Å². The molecule has 1 aromatic carbocycles. The van der Waals surface area contributed by atoms with Gasteiger partial charge in [-0.2, -0.15) is 5.10 Å². The molecule has 0 unspecified atom stereocenters. The third-order valence-corrected chi connectivity index (χ3v) is 2.98. The maximum Gasteiger partial charge on any atom is 0.160 e. The smallest absolute Gasteiger partial charge is 0.160 e. The highest BCUT2D eigenvalue weighted by molar-refractivity contribution is 5.85. The molecule has 0 amide bonds. The van der Waals surface area contributed by atoms with Gasteiger partial charge < -0.3 is 15.2 Å². The van der Waals surface area contributed by atoms with Crippen LogP contribution in [0.3, 0.4) is 0 Å². The molecule has 2 N–H and O–H groups in total. The molecule has 0 fully saturated rings. The Labute approximate surface area is 125 Å². The molecule has 1 aromatic heterocycles. The number of ether oxygens (including phenoxy) is 1. The van der Waals surface area contributed by atoms with Crippen molar-refractivity contribution in [3.05, 3.63) is 41.7 Å². The molecule has 0 saturated carbocycles. The molecule has 0 aliphatic carbocycles. The fourth-order valence-electron chi connectivity index (χ4n) is 1.96. The standard InChI is InChI=1S/C14H19N3O2.ClH/c1-3-17-12(6-7-16-17)10-15-9-11-4-5-13(18)14(8-11)19-2;/h4-8,15,18H,3,9-10H2,1-2H3;1H. The lowest BCUT2D eigenvalue weighted by Crippen LogP contribution is -2.16. The van der Waals surface area contributed by atoms with Crippen molar-refractivity contribution in [3.63, 3.8) is 0 Å². The number of aromatic hydroxyl groups is 1. The van der Waals surface area contributed by atoms with Gasteiger partial charge in [-0.1, -0.05) is 6.07 Å². The Kier molecular flexibility index (Phi) is 6.35. The van der Waals surface area contributed by atoms with Gasteiger partial charge in [0, 0.05) is 25.8 Å². The first-order valence-corrected chi connectivity index (χ1v) is 6.32. The van der Waals surface area contributed by atoms with Crippen molar-refractivity contribution < 1.29 is 9.84 Å². The number of nitrogens with zero attached hydrogens (tertiary/aromatic N) is 2. The number of benzene rings is 1. The first kappa shape index (κ1) is 16.3. The minimum absolute atomic E-state index is 0. The number of hydrogen-bond acceptors (Lipinski definition) is 4. The molecule has 1 heterocycles. The largest absolute Gasteiger partial charge is 0.504 e. The molecular weight excluding hydrogens is 278 g/mol. The lowest BCUT2D eigenvalue weighted by atomic mass is 10.2. The molecule has 5 nitrogen and oxygen atoms in total. The predicted octanol–water partition coefficient (Wildman–Crippen LogP) is 2.33. The first-order chi connectivity index (χ1) is 9.24. The Morgan fingerprint density at radius 3 is 2.80 bits per heavy atom. The van der Waals surface area contributed by atoms with Crippen molar-refractivity contribution in [3.8, 4) is 11.5 Å². The fraction of sp³-hybridized carbons (Fsp3) is 0.357. The van der Waals surface area contributed by atoms with E-state index >= 15 is 0 Å². The third-order valence-electron chi connectivity index (χ3n) is 2.98. The molecule has 0 bridgehead atoms. The summed E-state index contributed by atoms with van der Waals surface area (Å²) in [5, 5.41) is 17.1. The normalized spacial score (nSPS) is 10.1. The predicted molar refractivity (Wildman–Crippen MR) is 80.4 cm³/mol. The SMILES string of the molecule is CCn1nccc1CNCc1ccc(O)c(OC)c1.Cl. The van der Waals surface area contributed by atoms with Gasteiger partial charge >= 0.3 is 0 Å². The number of rotatable bonds is 6. The van der Waals surface area contributed by atoms with Gasteiger partial charge in [0.25, 0.3) is 0 Å². The monoisotopic (exact) mass is 297 g/mol. The average Bonchev–Trinajstić information content (AvgIpc) is 2.88. The van der Waals surface area contributed by atoms with Crippen LogP contribution in [0.25, 0.3) is 0 Å². The highest BCUT2D eigenvalue weighted by atomic mass is 35.5. The number of aryl methyl sites for hydroxylation is 1. The highest BCUT2D eigenvalue weighted by Gasteiger charge is 2.03. The van der Waals surface area contributed by atoms with Gasteiger partial charge in [0.1, 0.15) is 0 Å². The Bertz CT molecular complexity index is 543. The lowest BCUT2D eigenvalue weighted by Gasteiger charge is -2.09. The molecule has 2 rings (SSSR count). The van der Waals surface area contributed by atoms with Gasteiger partial charge in [-0.3, -0.25) is 4.68 Å². The van der Waals surface area contributed by atoms with Gasteiger partial charge in [-0.25, -0.2) is 0 Å². The molecule has 0 saturated heterocycles. The summed E-state index contributed by atoms with van der Waals surface area (Å²) in [4.78, 5) is 0. The molecule has 0 aliphatic heterocycles. The number of nitrogens with one attached hydrogen (secondary N) is 1. The van der Waals surface area contributed by atoms with Gasteiger partial charge in [-0.15, -0.1) is 12.4 Å². The molecule has 0 spiro atoms. The van der Waals surface area contributed by atoms with Crippen LogP contribution in [0.5, 0.6) is 11.5 Å². The minimum Gasteiger partial charge on any atom is -0.504 e. The van der Waals surface area contributed by atoms with Crippen LogP contribution in [-0.2, 0) is 19.6 Å². The summed E-state index contributed by atoms with van der Waals surface area (Å²) in [6.45, 7) is 4.42. The molecule has 6 heteroatoms. The second-order valence-electron chi connectivity index (χ2n) is 4.25. The quantitative estimate of drug-likeness (QED) is 0.859. The van der Waals surface area contributed by atoms with E-state index < -0.39 is 0 Å². The van der Waals surface area contributed by atoms with Gasteiger partial charge in [0.15, 0.2) is 11.5 Å². The molecule has 0 atom stereocenters. The number of halogens is 1. The topological polar surface area (TPSA) is 59.3 Å². The van der Waals surface area contributed by atoms with Crippen molar-refractivity contribution in [1.82, 2.24) is 15.1 Å². The minimum atomic E-state index is 0. The lowest BCUT2D eigenvalue weighted by molar-refractivity contribution is 0.372. The number of methoxy groups -OCH3 is 1. The van der Waals surface area contributed by atoms with Crippen LogP contribution in [0, 0.1) is 0 Å². The Hall–Kier alpha value is -1.72. The summed E-state index contributed by atoms with van der Waals surface area (Å²) in [7, 11) is 1.55. The second-order valence-corrected chi connectivity index (χ2v) is 4.25. The molecule has 20 heavy (non-hydrogen) atoms. The van der Waals surface area contributed by atoms with Crippen LogP contribution in [0.15, 0.2) is 30.5 Å². The maximum atomic E-state index is 9.52. The van der Waals surface area contributed by atoms with Crippen LogP contribution in [0.1, 0.15) is 18.2 Å². The summed E-state index contributed by atoms with van der Waals surface area (Å²) in [5.74, 6) is 0.660. The summed E-state index contributed by atoms with van der Waals surface area (Å²) in [6, 6.07) is 7.36. The van der Waals surface area contributed by atoms with E-state index in [9.17, 15) is 5.11 Å². The van der Waals surface area contributed by atoms with E-state index in [1.807, 2.05) is 29.1 Å². The zero-order valence-corrected chi connectivity index (χ0v) is 12.5. The molecule has 0 radical (unpaired) electrons. The Morgan fingerprint density at radius 2 is 2.10 bits per heavy atom. The number of hydrogen-bond donors (Lipinski definition) is 2. The van der Waals surface area contributed by atoms with E-state index in [1.54, 1.807) is 13.2 Å². The summed E-state index contributed by atoms with van der Waals surface area (Å²) in [6.07, 6.45) is 1.81. The number of aromatic nitrogens is 2. The van der Waals surface area contributed by atoms with Gasteiger partial charge in [0.05, 0.1) is 12.8 Å². The van der Waals surface area contributed by atoms with E-state index in [2.05, 4.69) is 17.3 Å². The number of phenols is 1. The van der Waals surface area contributed by atoms with E-state index in [4.69, 9.17) is 4.74 Å². The van der Waals surface area contributed by atoms with Crippen LogP contribution in [-0.4, -0.2) is 22.0 Å². The van der Waals surface area contributed by atoms with Gasteiger partial charge in [-0.05, 0) is 30.7 Å². The molecule has 0 aliphatic rings. The van der Waals surface area contributed by atoms with Crippen LogP contribution < -0.4 is 10.1 Å². The zero-order valence-electron chi connectivity index (χ0n) is 11.7. The molecule has 110 valence electrons. The fourth-order valence-corrected chi connectivity index (χ4v) is 1.96. The van der Waals surface area contributed by atoms with Crippen LogP contribution in [0.4, 0.5) is 0 Å². The van der Waals surface area contributed by atoms with E-state index in [-0.39, 0.29) is 18.2 Å². The second kappa shape index (κ2) is 7.77. The maximum absolute atomic E-state index is 9.52. The highest BCUT2D eigenvalue weighted by Crippen LogP contribution is 2.26. The van der Waals surface area contributed by atoms with E-state index in [1.165, 1.54) is 0 Å². The van der Waals surface area contributed by atoms with Crippen molar-refractivity contribution in [2.45, 2.75) is 26.6 Å². The van der Waals surface area contributed by atoms with Crippen molar-refractivity contribution in [2.24, 2.45) is 0 Å².